The number of hydrogen-bond acceptors (Lipinski definition) is 6. The summed E-state index contributed by atoms with van der Waals surface area (Å²) in [5.41, 5.74) is 1.23. The first-order valence-corrected chi connectivity index (χ1v) is 13.2. The van der Waals surface area contributed by atoms with Crippen LogP contribution in [-0.4, -0.2) is 78.4 Å². The lowest BCUT2D eigenvalue weighted by atomic mass is 9.93. The van der Waals surface area contributed by atoms with Crippen molar-refractivity contribution in [1.82, 2.24) is 20.9 Å². The van der Waals surface area contributed by atoms with E-state index in [1.807, 2.05) is 37.3 Å². The van der Waals surface area contributed by atoms with Crippen molar-refractivity contribution in [2.45, 2.75) is 63.1 Å². The highest BCUT2D eigenvalue weighted by molar-refractivity contribution is 5.85. The van der Waals surface area contributed by atoms with Crippen LogP contribution in [0.2, 0.25) is 0 Å². The number of ether oxygens (including phenoxy) is 1. The third kappa shape index (κ3) is 7.35. The van der Waals surface area contributed by atoms with E-state index in [4.69, 9.17) is 4.74 Å². The number of hydrogen-bond donors (Lipinski definition) is 4. The molecule has 2 fully saturated rings. The zero-order valence-corrected chi connectivity index (χ0v) is 21.5. The Hall–Kier alpha value is -2.92. The van der Waals surface area contributed by atoms with E-state index in [1.165, 1.54) is 0 Å². The van der Waals surface area contributed by atoms with Gasteiger partial charge in [0.1, 0.15) is 17.7 Å². The Kier molecular flexibility index (Phi) is 9.79. The number of aliphatic hydroxyl groups excluding tert-OH is 1. The Morgan fingerprint density at radius 2 is 1.89 bits per heavy atom. The fourth-order valence-electron chi connectivity index (χ4n) is 5.05. The summed E-state index contributed by atoms with van der Waals surface area (Å²) in [6, 6.07) is 10.1. The summed E-state index contributed by atoms with van der Waals surface area (Å²) in [5, 5.41) is 20.4. The summed E-state index contributed by atoms with van der Waals surface area (Å²) < 4.78 is 33.6. The highest BCUT2D eigenvalue weighted by Crippen LogP contribution is 2.18. The molecule has 2 heterocycles. The van der Waals surface area contributed by atoms with Crippen LogP contribution in [0.25, 0.3) is 0 Å². The zero-order chi connectivity index (χ0) is 27.1. The monoisotopic (exact) mass is 530 g/mol. The van der Waals surface area contributed by atoms with Gasteiger partial charge in [-0.15, -0.1) is 0 Å². The summed E-state index contributed by atoms with van der Waals surface area (Å²) >= 11 is 0. The van der Waals surface area contributed by atoms with Gasteiger partial charge in [-0.05, 0) is 42.5 Å². The van der Waals surface area contributed by atoms with Crippen LogP contribution >= 0.6 is 0 Å². The fourth-order valence-corrected chi connectivity index (χ4v) is 5.05. The number of nitrogens with one attached hydrogen (secondary N) is 3. The van der Waals surface area contributed by atoms with E-state index in [2.05, 4.69) is 16.0 Å². The molecule has 0 saturated carbocycles. The minimum absolute atomic E-state index is 0.0613. The standard InChI is InChI=1S/C28H36F2N4O4/c1-2-10-38-22-15-24(32-16-22)27(36)33-23(13-19-11-20(29)14-21(30)12-19)26(35)25-28(37)34(9-8-31-25)17-18-6-4-3-5-7-18/h3-7,11-12,14,22-26,31-32,35H,2,8-10,13,15-17H2,1H3,(H,33,36)/t22-,23-,24-,25-,26-/m0/s1. The van der Waals surface area contributed by atoms with Gasteiger partial charge >= 0.3 is 0 Å². The third-order valence-electron chi connectivity index (χ3n) is 6.96. The molecule has 0 spiro atoms. The van der Waals surface area contributed by atoms with Gasteiger partial charge in [0.05, 0.1) is 24.3 Å². The molecule has 10 heteroatoms. The van der Waals surface area contributed by atoms with Crippen LogP contribution in [0.3, 0.4) is 0 Å². The Morgan fingerprint density at radius 1 is 1.16 bits per heavy atom. The highest BCUT2D eigenvalue weighted by Gasteiger charge is 2.40. The Morgan fingerprint density at radius 3 is 2.61 bits per heavy atom. The first kappa shape index (κ1) is 28.1. The largest absolute Gasteiger partial charge is 0.389 e. The Balaban J connectivity index is 1.49. The SMILES string of the molecule is CCCO[C@@H]1CN[C@H](C(=O)N[C@@H](Cc2cc(F)cc(F)c2)[C@H](O)[C@@H]2NCCN(Cc3ccccc3)C2=O)C1. The van der Waals surface area contributed by atoms with Gasteiger partial charge in [0.2, 0.25) is 11.8 Å². The van der Waals surface area contributed by atoms with Gasteiger partial charge in [-0.2, -0.15) is 0 Å². The molecule has 2 amide bonds. The average molecular weight is 531 g/mol. The number of rotatable bonds is 11. The number of nitrogens with zero attached hydrogens (tertiary/aromatic N) is 1. The molecule has 0 aromatic heterocycles. The van der Waals surface area contributed by atoms with Crippen LogP contribution in [0.4, 0.5) is 8.78 Å². The second kappa shape index (κ2) is 13.2. The van der Waals surface area contributed by atoms with Crippen molar-refractivity contribution in [3.8, 4) is 0 Å². The number of carbonyl (C=O) groups is 2. The highest BCUT2D eigenvalue weighted by atomic mass is 19.1. The normalized spacial score (nSPS) is 23.3. The van der Waals surface area contributed by atoms with Gasteiger partial charge in [0.25, 0.3) is 0 Å². The topological polar surface area (TPSA) is 103 Å². The van der Waals surface area contributed by atoms with E-state index in [0.717, 1.165) is 30.2 Å². The maximum atomic E-state index is 13.9. The number of halogens is 2. The van der Waals surface area contributed by atoms with Gasteiger partial charge in [-0.3, -0.25) is 9.59 Å². The van der Waals surface area contributed by atoms with E-state index >= 15 is 0 Å². The van der Waals surface area contributed by atoms with Gasteiger partial charge in [0.15, 0.2) is 0 Å². The Bertz CT molecular complexity index is 1070. The minimum atomic E-state index is -1.34. The first-order chi connectivity index (χ1) is 18.3. The summed E-state index contributed by atoms with van der Waals surface area (Å²) in [5.74, 6) is -2.18. The maximum Gasteiger partial charge on any atom is 0.242 e. The maximum absolute atomic E-state index is 13.9. The lowest BCUT2D eigenvalue weighted by molar-refractivity contribution is -0.141. The molecule has 5 atom stereocenters. The molecule has 4 rings (SSSR count). The molecule has 0 radical (unpaired) electrons. The molecular formula is C28H36F2N4O4. The minimum Gasteiger partial charge on any atom is -0.389 e. The van der Waals surface area contributed by atoms with Crippen LogP contribution in [0.5, 0.6) is 0 Å². The van der Waals surface area contributed by atoms with Crippen molar-refractivity contribution in [2.24, 2.45) is 0 Å². The molecule has 2 aliphatic rings. The summed E-state index contributed by atoms with van der Waals surface area (Å²) in [6.07, 6.45) is -0.164. The quantitative estimate of drug-likeness (QED) is 0.351. The second-order valence-electron chi connectivity index (χ2n) is 9.95. The Labute approximate surface area is 221 Å². The molecule has 8 nitrogen and oxygen atoms in total. The van der Waals surface area contributed by atoms with Crippen LogP contribution < -0.4 is 16.0 Å². The number of carbonyl (C=O) groups excluding carboxylic acids is 2. The van der Waals surface area contributed by atoms with Crippen molar-refractivity contribution in [3.63, 3.8) is 0 Å². The number of benzene rings is 2. The summed E-state index contributed by atoms with van der Waals surface area (Å²) in [6.45, 7) is 4.45. The van der Waals surface area contributed by atoms with E-state index in [0.29, 0.717) is 39.2 Å². The lowest BCUT2D eigenvalue weighted by Crippen LogP contribution is -2.64. The molecule has 2 aromatic rings. The summed E-state index contributed by atoms with van der Waals surface area (Å²) in [7, 11) is 0. The zero-order valence-electron chi connectivity index (χ0n) is 21.5. The van der Waals surface area contributed by atoms with Gasteiger partial charge in [-0.1, -0.05) is 37.3 Å². The van der Waals surface area contributed by atoms with Gasteiger partial charge in [0, 0.05) is 38.9 Å². The molecule has 2 aliphatic heterocycles. The van der Waals surface area contributed by atoms with Gasteiger partial charge < -0.3 is 30.7 Å². The second-order valence-corrected chi connectivity index (χ2v) is 9.95. The molecule has 38 heavy (non-hydrogen) atoms. The third-order valence-corrected chi connectivity index (χ3v) is 6.96. The van der Waals surface area contributed by atoms with Crippen molar-refractivity contribution < 1.29 is 28.2 Å². The van der Waals surface area contributed by atoms with E-state index in [1.54, 1.807) is 4.90 Å². The van der Waals surface area contributed by atoms with Crippen molar-refractivity contribution in [3.05, 3.63) is 71.3 Å². The molecule has 0 unspecified atom stereocenters. The van der Waals surface area contributed by atoms with E-state index in [-0.39, 0.29) is 29.9 Å². The fraction of sp³-hybridized carbons (Fsp3) is 0.500. The molecule has 0 aliphatic carbocycles. The number of amides is 2. The van der Waals surface area contributed by atoms with Crippen LogP contribution in [0.1, 0.15) is 30.9 Å². The van der Waals surface area contributed by atoms with Crippen molar-refractivity contribution in [2.75, 3.05) is 26.2 Å². The predicted molar refractivity (Wildman–Crippen MR) is 138 cm³/mol. The summed E-state index contributed by atoms with van der Waals surface area (Å²) in [4.78, 5) is 28.2. The molecule has 206 valence electrons. The van der Waals surface area contributed by atoms with E-state index < -0.39 is 35.9 Å². The number of piperazine rings is 1. The molecular weight excluding hydrogens is 494 g/mol. The van der Waals surface area contributed by atoms with E-state index in [9.17, 15) is 23.5 Å². The number of aliphatic hydroxyl groups is 1. The molecule has 0 bridgehead atoms. The molecule has 2 aromatic carbocycles. The van der Waals surface area contributed by atoms with Crippen molar-refractivity contribution in [1.29, 1.82) is 0 Å². The lowest BCUT2D eigenvalue weighted by Gasteiger charge is -2.38. The van der Waals surface area contributed by atoms with Crippen LogP contribution in [-0.2, 0) is 27.3 Å². The smallest absolute Gasteiger partial charge is 0.242 e. The van der Waals surface area contributed by atoms with Crippen molar-refractivity contribution >= 4 is 11.8 Å². The van der Waals surface area contributed by atoms with Crippen LogP contribution in [0.15, 0.2) is 48.5 Å². The predicted octanol–water partition coefficient (Wildman–Crippen LogP) is 1.51. The first-order valence-electron chi connectivity index (χ1n) is 13.2. The molecule has 4 N–H and O–H groups in total. The molecule has 2 saturated heterocycles. The van der Waals surface area contributed by atoms with Crippen LogP contribution in [0, 0.1) is 11.6 Å². The average Bonchev–Trinajstić information content (AvgIpc) is 3.37. The van der Waals surface area contributed by atoms with Gasteiger partial charge in [-0.25, -0.2) is 8.78 Å².